The Morgan fingerprint density at radius 1 is 1.50 bits per heavy atom. The van der Waals surface area contributed by atoms with Gasteiger partial charge in [0.05, 0.1) is 0 Å². The summed E-state index contributed by atoms with van der Waals surface area (Å²) in [5, 5.41) is 9.20. The number of nitrogens with one attached hydrogen (secondary N) is 1. The van der Waals surface area contributed by atoms with Gasteiger partial charge in [0.2, 0.25) is 0 Å². The fourth-order valence-electron chi connectivity index (χ4n) is 1.46. The first-order valence-corrected chi connectivity index (χ1v) is 4.63. The minimum absolute atomic E-state index is 0.0826. The van der Waals surface area contributed by atoms with E-state index in [0.717, 1.165) is 0 Å². The van der Waals surface area contributed by atoms with Crippen molar-refractivity contribution in [2.45, 2.75) is 13.3 Å². The van der Waals surface area contributed by atoms with E-state index < -0.39 is 5.97 Å². The summed E-state index contributed by atoms with van der Waals surface area (Å²) in [6.45, 7) is 1.45. The number of rotatable bonds is 3. The standard InChI is InChI=1S/C10H9N3O3/c1-5(14)6-3-12-10-7(6)4-11-8(13-10)2-9(15)16/h3-4H,2H2,1H3,(H,15,16)(H,11,12,13). The molecule has 2 heterocycles. The van der Waals surface area contributed by atoms with Crippen LogP contribution in [0.25, 0.3) is 11.0 Å². The van der Waals surface area contributed by atoms with Crippen LogP contribution in [-0.4, -0.2) is 31.8 Å². The van der Waals surface area contributed by atoms with Crippen LogP contribution in [-0.2, 0) is 11.2 Å². The molecule has 0 spiro atoms. The number of nitrogens with zero attached hydrogens (tertiary/aromatic N) is 2. The maximum atomic E-state index is 11.2. The summed E-state index contributed by atoms with van der Waals surface area (Å²) in [5.74, 6) is -0.851. The van der Waals surface area contributed by atoms with Crippen LogP contribution in [0, 0.1) is 0 Å². The first-order chi connectivity index (χ1) is 7.58. The summed E-state index contributed by atoms with van der Waals surface area (Å²) in [5.41, 5.74) is 0.994. The lowest BCUT2D eigenvalue weighted by atomic mass is 10.2. The number of carboxylic acids is 1. The Hall–Kier alpha value is -2.24. The van der Waals surface area contributed by atoms with Crippen molar-refractivity contribution in [2.24, 2.45) is 0 Å². The Balaban J connectivity index is 2.49. The molecule has 82 valence electrons. The molecule has 0 saturated heterocycles. The Labute approximate surface area is 90.3 Å². The van der Waals surface area contributed by atoms with Gasteiger partial charge >= 0.3 is 5.97 Å². The molecule has 6 heteroatoms. The molecule has 0 bridgehead atoms. The summed E-state index contributed by atoms with van der Waals surface area (Å²) < 4.78 is 0. The number of carbonyl (C=O) groups is 2. The molecule has 2 rings (SSSR count). The fourth-order valence-corrected chi connectivity index (χ4v) is 1.46. The van der Waals surface area contributed by atoms with E-state index in [1.807, 2.05) is 0 Å². The number of aromatic nitrogens is 3. The average Bonchev–Trinajstić information content (AvgIpc) is 2.59. The van der Waals surface area contributed by atoms with Crippen LogP contribution in [0.4, 0.5) is 0 Å². The summed E-state index contributed by atoms with van der Waals surface area (Å²) in [7, 11) is 0. The number of H-pyrrole nitrogens is 1. The second kappa shape index (κ2) is 3.73. The van der Waals surface area contributed by atoms with E-state index in [9.17, 15) is 9.59 Å². The second-order valence-electron chi connectivity index (χ2n) is 3.38. The highest BCUT2D eigenvalue weighted by Crippen LogP contribution is 2.15. The number of ketones is 1. The van der Waals surface area contributed by atoms with Gasteiger partial charge in [0.15, 0.2) is 5.78 Å². The van der Waals surface area contributed by atoms with E-state index in [1.165, 1.54) is 13.1 Å². The van der Waals surface area contributed by atoms with E-state index in [0.29, 0.717) is 16.6 Å². The SMILES string of the molecule is CC(=O)c1c[nH]c2nc(CC(=O)O)ncc12. The number of fused-ring (bicyclic) bond motifs is 1. The van der Waals surface area contributed by atoms with E-state index in [2.05, 4.69) is 15.0 Å². The largest absolute Gasteiger partial charge is 0.481 e. The van der Waals surface area contributed by atoms with Crippen molar-refractivity contribution < 1.29 is 14.7 Å². The van der Waals surface area contributed by atoms with E-state index in [4.69, 9.17) is 5.11 Å². The molecule has 16 heavy (non-hydrogen) atoms. The molecule has 0 amide bonds. The number of hydrogen-bond donors (Lipinski definition) is 2. The lowest BCUT2D eigenvalue weighted by Crippen LogP contribution is -2.04. The molecule has 0 unspecified atom stereocenters. The van der Waals surface area contributed by atoms with Crippen LogP contribution >= 0.6 is 0 Å². The van der Waals surface area contributed by atoms with Crippen LogP contribution in [0.3, 0.4) is 0 Å². The fraction of sp³-hybridized carbons (Fsp3) is 0.200. The van der Waals surface area contributed by atoms with Gasteiger partial charge in [-0.3, -0.25) is 9.59 Å². The third kappa shape index (κ3) is 1.77. The Kier molecular flexibility index (Phi) is 2.40. The van der Waals surface area contributed by atoms with E-state index >= 15 is 0 Å². The summed E-state index contributed by atoms with van der Waals surface area (Å²) in [4.78, 5) is 32.4. The highest BCUT2D eigenvalue weighted by molar-refractivity contribution is 6.05. The maximum absolute atomic E-state index is 11.2. The number of carboxylic acid groups (broad SMARTS) is 1. The van der Waals surface area contributed by atoms with Crippen molar-refractivity contribution in [3.8, 4) is 0 Å². The van der Waals surface area contributed by atoms with Crippen LogP contribution in [0.2, 0.25) is 0 Å². The van der Waals surface area contributed by atoms with Gasteiger partial charge in [-0.25, -0.2) is 9.97 Å². The first-order valence-electron chi connectivity index (χ1n) is 4.63. The van der Waals surface area contributed by atoms with Crippen molar-refractivity contribution in [1.82, 2.24) is 15.0 Å². The Morgan fingerprint density at radius 2 is 2.25 bits per heavy atom. The molecule has 2 aromatic heterocycles. The summed E-state index contributed by atoms with van der Waals surface area (Å²) >= 11 is 0. The number of hydrogen-bond acceptors (Lipinski definition) is 4. The average molecular weight is 219 g/mol. The molecule has 2 N–H and O–H groups in total. The predicted octanol–water partition coefficient (Wildman–Crippen LogP) is 0.788. The van der Waals surface area contributed by atoms with Crippen molar-refractivity contribution in [1.29, 1.82) is 0 Å². The minimum Gasteiger partial charge on any atom is -0.481 e. The lowest BCUT2D eigenvalue weighted by molar-refractivity contribution is -0.136. The second-order valence-corrected chi connectivity index (χ2v) is 3.38. The summed E-state index contributed by atoms with van der Waals surface area (Å²) in [6.07, 6.45) is 2.78. The van der Waals surface area contributed by atoms with Crippen LogP contribution in [0.1, 0.15) is 23.1 Å². The molecule has 2 aromatic rings. The van der Waals surface area contributed by atoms with Gasteiger partial charge in [-0.1, -0.05) is 0 Å². The normalized spacial score (nSPS) is 10.6. The van der Waals surface area contributed by atoms with Crippen molar-refractivity contribution in [2.75, 3.05) is 0 Å². The predicted molar refractivity (Wildman–Crippen MR) is 55.2 cm³/mol. The molecule has 0 aliphatic carbocycles. The molecule has 0 aliphatic heterocycles. The van der Waals surface area contributed by atoms with Crippen molar-refractivity contribution in [3.05, 3.63) is 23.8 Å². The molecule has 0 aliphatic rings. The number of carbonyl (C=O) groups excluding carboxylic acids is 1. The molecule has 0 radical (unpaired) electrons. The highest BCUT2D eigenvalue weighted by Gasteiger charge is 2.11. The zero-order valence-corrected chi connectivity index (χ0v) is 8.52. The topological polar surface area (TPSA) is 95.9 Å². The van der Waals surface area contributed by atoms with Crippen LogP contribution in [0.5, 0.6) is 0 Å². The van der Waals surface area contributed by atoms with E-state index in [1.54, 1.807) is 6.20 Å². The van der Waals surface area contributed by atoms with Crippen LogP contribution in [0.15, 0.2) is 12.4 Å². The van der Waals surface area contributed by atoms with Crippen molar-refractivity contribution in [3.63, 3.8) is 0 Å². The van der Waals surface area contributed by atoms with Crippen molar-refractivity contribution >= 4 is 22.8 Å². The molecule has 0 aromatic carbocycles. The lowest BCUT2D eigenvalue weighted by Gasteiger charge is -1.96. The minimum atomic E-state index is -0.988. The molecule has 0 saturated carbocycles. The maximum Gasteiger partial charge on any atom is 0.311 e. The molecular weight excluding hydrogens is 210 g/mol. The van der Waals surface area contributed by atoms with Crippen LogP contribution < -0.4 is 0 Å². The third-order valence-corrected chi connectivity index (χ3v) is 2.17. The third-order valence-electron chi connectivity index (χ3n) is 2.17. The monoisotopic (exact) mass is 219 g/mol. The van der Waals surface area contributed by atoms with Gasteiger partial charge in [-0.05, 0) is 6.92 Å². The van der Waals surface area contributed by atoms with Gasteiger partial charge in [0.1, 0.15) is 17.9 Å². The number of aromatic amines is 1. The van der Waals surface area contributed by atoms with E-state index in [-0.39, 0.29) is 18.0 Å². The van der Waals surface area contributed by atoms with Gasteiger partial charge in [-0.15, -0.1) is 0 Å². The molecule has 6 nitrogen and oxygen atoms in total. The summed E-state index contributed by atoms with van der Waals surface area (Å²) in [6, 6.07) is 0. The zero-order valence-electron chi connectivity index (χ0n) is 8.52. The van der Waals surface area contributed by atoms with Gasteiger partial charge in [0.25, 0.3) is 0 Å². The van der Waals surface area contributed by atoms with Gasteiger partial charge in [0, 0.05) is 23.3 Å². The Morgan fingerprint density at radius 3 is 2.88 bits per heavy atom. The molecular formula is C10H9N3O3. The molecule has 0 fully saturated rings. The Bertz CT molecular complexity index is 574. The highest BCUT2D eigenvalue weighted by atomic mass is 16.4. The van der Waals surface area contributed by atoms with Gasteiger partial charge in [-0.2, -0.15) is 0 Å². The van der Waals surface area contributed by atoms with Gasteiger partial charge < -0.3 is 10.1 Å². The number of aliphatic carboxylic acids is 1. The zero-order chi connectivity index (χ0) is 11.7. The number of Topliss-reactive ketones (excluding diaryl/α,β-unsaturated/α-hetero) is 1. The smallest absolute Gasteiger partial charge is 0.311 e. The molecule has 0 atom stereocenters. The first kappa shape index (κ1) is 10.3. The quantitative estimate of drug-likeness (QED) is 0.744.